The Morgan fingerprint density at radius 2 is 2.12 bits per heavy atom. The van der Waals surface area contributed by atoms with E-state index < -0.39 is 0 Å². The van der Waals surface area contributed by atoms with Crippen LogP contribution in [0.1, 0.15) is 0 Å². The summed E-state index contributed by atoms with van der Waals surface area (Å²) in [5, 5.41) is 0. The largest absolute Gasteiger partial charge is 0.415 e. The van der Waals surface area contributed by atoms with Gasteiger partial charge in [-0.15, -0.1) is 0 Å². The molecule has 1 saturated heterocycles. The van der Waals surface area contributed by atoms with Gasteiger partial charge in [0.05, 0.1) is 6.20 Å². The van der Waals surface area contributed by atoms with Gasteiger partial charge in [0.25, 0.3) is 0 Å². The zero-order chi connectivity index (χ0) is 11.4. The Kier molecular flexibility index (Phi) is 3.36. The van der Waals surface area contributed by atoms with E-state index in [-0.39, 0.29) is 6.09 Å². The van der Waals surface area contributed by atoms with Crippen LogP contribution in [0.5, 0.6) is 5.75 Å². The number of piperazine rings is 1. The lowest BCUT2D eigenvalue weighted by Gasteiger charge is -2.31. The fourth-order valence-electron chi connectivity index (χ4n) is 1.56. The molecule has 1 aliphatic rings. The van der Waals surface area contributed by atoms with Crippen LogP contribution in [0.4, 0.5) is 4.79 Å². The molecule has 0 aliphatic carbocycles. The summed E-state index contributed by atoms with van der Waals surface area (Å²) in [6.45, 7) is 3.22. The van der Waals surface area contributed by atoms with Gasteiger partial charge in [0.2, 0.25) is 0 Å². The summed E-state index contributed by atoms with van der Waals surface area (Å²) in [5.41, 5.74) is 0. The summed E-state index contributed by atoms with van der Waals surface area (Å²) in [6.07, 6.45) is 2.89. The van der Waals surface area contributed by atoms with Gasteiger partial charge in [-0.2, -0.15) is 0 Å². The van der Waals surface area contributed by atoms with Gasteiger partial charge >= 0.3 is 6.09 Å². The SMILES string of the molecule is CN1CCN(C(=O)Oc2cccnc2)CC1. The maximum absolute atomic E-state index is 11.7. The second-order valence-electron chi connectivity index (χ2n) is 3.85. The molecule has 86 valence electrons. The summed E-state index contributed by atoms with van der Waals surface area (Å²) in [5.74, 6) is 0.492. The van der Waals surface area contributed by atoms with Crippen molar-refractivity contribution in [1.29, 1.82) is 0 Å². The van der Waals surface area contributed by atoms with Crippen molar-refractivity contribution in [2.75, 3.05) is 33.2 Å². The normalized spacial score (nSPS) is 17.2. The molecule has 0 spiro atoms. The third-order valence-corrected chi connectivity index (χ3v) is 2.60. The average Bonchev–Trinajstić information content (AvgIpc) is 2.31. The van der Waals surface area contributed by atoms with Crippen molar-refractivity contribution in [1.82, 2.24) is 14.8 Å². The Morgan fingerprint density at radius 1 is 1.38 bits per heavy atom. The first-order valence-corrected chi connectivity index (χ1v) is 5.31. The quantitative estimate of drug-likeness (QED) is 0.704. The lowest BCUT2D eigenvalue weighted by Crippen LogP contribution is -2.48. The van der Waals surface area contributed by atoms with Crippen LogP contribution >= 0.6 is 0 Å². The molecular formula is C11H15N3O2. The molecule has 0 saturated carbocycles. The Morgan fingerprint density at radius 3 is 2.75 bits per heavy atom. The molecule has 0 bridgehead atoms. The van der Waals surface area contributed by atoms with E-state index in [1.165, 1.54) is 6.20 Å². The highest BCUT2D eigenvalue weighted by molar-refractivity contribution is 5.70. The van der Waals surface area contributed by atoms with E-state index in [0.29, 0.717) is 5.75 Å². The molecule has 2 rings (SSSR count). The van der Waals surface area contributed by atoms with Crippen LogP contribution in [0.3, 0.4) is 0 Å². The Balaban J connectivity index is 1.89. The molecule has 1 aromatic rings. The first-order valence-electron chi connectivity index (χ1n) is 5.31. The maximum Gasteiger partial charge on any atom is 0.415 e. The number of hydrogen-bond donors (Lipinski definition) is 0. The molecule has 1 fully saturated rings. The van der Waals surface area contributed by atoms with Gasteiger partial charge in [-0.3, -0.25) is 4.98 Å². The smallest absolute Gasteiger partial charge is 0.409 e. The molecule has 0 atom stereocenters. The molecule has 1 aliphatic heterocycles. The number of carbonyl (C=O) groups is 1. The zero-order valence-corrected chi connectivity index (χ0v) is 9.30. The van der Waals surface area contributed by atoms with Crippen LogP contribution in [0.25, 0.3) is 0 Å². The van der Waals surface area contributed by atoms with Crippen LogP contribution in [-0.2, 0) is 0 Å². The minimum atomic E-state index is -0.291. The molecule has 16 heavy (non-hydrogen) atoms. The number of nitrogens with zero attached hydrogens (tertiary/aromatic N) is 3. The monoisotopic (exact) mass is 221 g/mol. The molecule has 5 heteroatoms. The van der Waals surface area contributed by atoms with Gasteiger partial charge in [0.1, 0.15) is 0 Å². The highest BCUT2D eigenvalue weighted by Gasteiger charge is 2.20. The summed E-state index contributed by atoms with van der Waals surface area (Å²) < 4.78 is 5.20. The third-order valence-electron chi connectivity index (χ3n) is 2.60. The van der Waals surface area contributed by atoms with Crippen molar-refractivity contribution in [3.63, 3.8) is 0 Å². The van der Waals surface area contributed by atoms with Gasteiger partial charge < -0.3 is 14.5 Å². The van der Waals surface area contributed by atoms with E-state index in [2.05, 4.69) is 9.88 Å². The Labute approximate surface area is 94.6 Å². The minimum absolute atomic E-state index is 0.291. The van der Waals surface area contributed by atoms with Crippen molar-refractivity contribution in [3.05, 3.63) is 24.5 Å². The van der Waals surface area contributed by atoms with Gasteiger partial charge in [-0.25, -0.2) is 4.79 Å². The predicted octanol–water partition coefficient (Wildman–Crippen LogP) is 0.828. The van der Waals surface area contributed by atoms with Crippen molar-refractivity contribution in [3.8, 4) is 5.75 Å². The van der Waals surface area contributed by atoms with Crippen molar-refractivity contribution < 1.29 is 9.53 Å². The van der Waals surface area contributed by atoms with Gasteiger partial charge in [-0.1, -0.05) is 0 Å². The van der Waals surface area contributed by atoms with Gasteiger partial charge in [0.15, 0.2) is 5.75 Å². The highest BCUT2D eigenvalue weighted by atomic mass is 16.6. The van der Waals surface area contributed by atoms with Crippen LogP contribution in [0.15, 0.2) is 24.5 Å². The number of carbonyl (C=O) groups excluding carboxylic acids is 1. The number of hydrogen-bond acceptors (Lipinski definition) is 4. The molecule has 1 amide bonds. The molecule has 0 aromatic carbocycles. The second kappa shape index (κ2) is 4.94. The van der Waals surface area contributed by atoms with Gasteiger partial charge in [-0.05, 0) is 19.2 Å². The molecule has 2 heterocycles. The molecule has 0 radical (unpaired) electrons. The van der Waals surface area contributed by atoms with Crippen molar-refractivity contribution >= 4 is 6.09 Å². The summed E-state index contributed by atoms with van der Waals surface area (Å²) in [6, 6.07) is 3.47. The number of rotatable bonds is 1. The van der Waals surface area contributed by atoms with Gasteiger partial charge in [0, 0.05) is 32.4 Å². The van der Waals surface area contributed by atoms with E-state index in [9.17, 15) is 4.79 Å². The molecular weight excluding hydrogens is 206 g/mol. The lowest BCUT2D eigenvalue weighted by atomic mass is 10.3. The molecule has 1 aromatic heterocycles. The molecule has 0 N–H and O–H groups in total. The maximum atomic E-state index is 11.7. The van der Waals surface area contributed by atoms with E-state index in [1.807, 2.05) is 7.05 Å². The first-order chi connectivity index (χ1) is 7.75. The van der Waals surface area contributed by atoms with Crippen molar-refractivity contribution in [2.45, 2.75) is 0 Å². The fourth-order valence-corrected chi connectivity index (χ4v) is 1.56. The highest BCUT2D eigenvalue weighted by Crippen LogP contribution is 2.09. The van der Waals surface area contributed by atoms with Crippen LogP contribution in [-0.4, -0.2) is 54.1 Å². The summed E-state index contributed by atoms with van der Waals surface area (Å²) >= 11 is 0. The number of likely N-dealkylation sites (N-methyl/N-ethyl adjacent to an activating group) is 1. The predicted molar refractivity (Wildman–Crippen MR) is 59.3 cm³/mol. The third kappa shape index (κ3) is 2.70. The van der Waals surface area contributed by atoms with E-state index >= 15 is 0 Å². The fraction of sp³-hybridized carbons (Fsp3) is 0.455. The van der Waals surface area contributed by atoms with Crippen LogP contribution < -0.4 is 4.74 Å². The zero-order valence-electron chi connectivity index (χ0n) is 9.30. The van der Waals surface area contributed by atoms with Crippen molar-refractivity contribution in [2.24, 2.45) is 0 Å². The second-order valence-corrected chi connectivity index (χ2v) is 3.85. The number of ether oxygens (including phenoxy) is 1. The standard InChI is InChI=1S/C11H15N3O2/c1-13-5-7-14(8-6-13)11(15)16-10-3-2-4-12-9-10/h2-4,9H,5-8H2,1H3. The summed E-state index contributed by atoms with van der Waals surface area (Å²) in [7, 11) is 2.05. The van der Waals surface area contributed by atoms with E-state index in [4.69, 9.17) is 4.74 Å². The number of pyridine rings is 1. The van der Waals surface area contributed by atoms with Crippen LogP contribution in [0.2, 0.25) is 0 Å². The topological polar surface area (TPSA) is 45.7 Å². The molecule has 5 nitrogen and oxygen atoms in total. The number of amides is 1. The Hall–Kier alpha value is -1.62. The lowest BCUT2D eigenvalue weighted by molar-refractivity contribution is 0.120. The van der Waals surface area contributed by atoms with E-state index in [0.717, 1.165) is 26.2 Å². The Bertz CT molecular complexity index is 348. The molecule has 0 unspecified atom stereocenters. The minimum Gasteiger partial charge on any atom is -0.409 e. The van der Waals surface area contributed by atoms with Crippen LogP contribution in [0, 0.1) is 0 Å². The first kappa shape index (κ1) is 10.9. The number of aromatic nitrogens is 1. The average molecular weight is 221 g/mol. The summed E-state index contributed by atoms with van der Waals surface area (Å²) in [4.78, 5) is 19.5. The van der Waals surface area contributed by atoms with E-state index in [1.54, 1.807) is 23.2 Å².